The van der Waals surface area contributed by atoms with Crippen LogP contribution in [0.4, 0.5) is 16.2 Å². The van der Waals surface area contributed by atoms with Gasteiger partial charge in [-0.3, -0.25) is 4.79 Å². The molecular formula is C18H22N4O2S. The van der Waals surface area contributed by atoms with Crippen LogP contribution in [0.15, 0.2) is 47.6 Å². The summed E-state index contributed by atoms with van der Waals surface area (Å²) in [6.07, 6.45) is 1.68. The molecule has 7 heteroatoms. The maximum Gasteiger partial charge on any atom is 0.318 e. The highest BCUT2D eigenvalue weighted by atomic mass is 32.2. The second-order valence-electron chi connectivity index (χ2n) is 6.31. The molecule has 0 radical (unpaired) electrons. The molecule has 132 valence electrons. The molecule has 0 bridgehead atoms. The third kappa shape index (κ3) is 5.79. The number of carbonyl (C=O) groups is 2. The molecule has 3 amide bonds. The van der Waals surface area contributed by atoms with E-state index in [0.29, 0.717) is 22.0 Å². The summed E-state index contributed by atoms with van der Waals surface area (Å²) in [5.41, 5.74) is 1.82. The van der Waals surface area contributed by atoms with Crippen molar-refractivity contribution in [2.45, 2.75) is 30.5 Å². The van der Waals surface area contributed by atoms with E-state index in [-0.39, 0.29) is 16.7 Å². The van der Waals surface area contributed by atoms with Crippen molar-refractivity contribution in [3.63, 3.8) is 0 Å². The van der Waals surface area contributed by atoms with Gasteiger partial charge in [0, 0.05) is 29.4 Å². The fourth-order valence-corrected chi connectivity index (χ4v) is 2.93. The normalized spacial score (nSPS) is 10.9. The Balaban J connectivity index is 2.11. The lowest BCUT2D eigenvalue weighted by Gasteiger charge is -2.18. The van der Waals surface area contributed by atoms with Crippen LogP contribution in [0.3, 0.4) is 0 Å². The first-order valence-electron chi connectivity index (χ1n) is 7.83. The number of hydrogen-bond acceptors (Lipinski definition) is 4. The van der Waals surface area contributed by atoms with Crippen molar-refractivity contribution in [3.8, 4) is 0 Å². The second-order valence-corrected chi connectivity index (χ2v) is 8.12. The molecule has 0 fully saturated rings. The van der Waals surface area contributed by atoms with Crippen LogP contribution in [-0.2, 0) is 0 Å². The van der Waals surface area contributed by atoms with E-state index in [1.807, 2.05) is 0 Å². The summed E-state index contributed by atoms with van der Waals surface area (Å²) >= 11 is 1.55. The van der Waals surface area contributed by atoms with Crippen molar-refractivity contribution in [1.82, 2.24) is 10.3 Å². The van der Waals surface area contributed by atoms with Crippen molar-refractivity contribution < 1.29 is 9.59 Å². The van der Waals surface area contributed by atoms with Crippen LogP contribution in [0.5, 0.6) is 0 Å². The topological polar surface area (TPSA) is 83.1 Å². The Bertz CT molecular complexity index is 754. The molecule has 0 atom stereocenters. The fourth-order valence-electron chi connectivity index (χ4n) is 1.96. The third-order valence-electron chi connectivity index (χ3n) is 3.05. The molecule has 0 aliphatic carbocycles. The quantitative estimate of drug-likeness (QED) is 0.722. The van der Waals surface area contributed by atoms with Gasteiger partial charge in [-0.25, -0.2) is 9.78 Å². The van der Waals surface area contributed by atoms with Gasteiger partial charge < -0.3 is 16.0 Å². The van der Waals surface area contributed by atoms with Crippen LogP contribution >= 0.6 is 11.8 Å². The molecule has 0 aliphatic heterocycles. The lowest BCUT2D eigenvalue weighted by atomic mass is 10.2. The Morgan fingerprint density at radius 2 is 1.60 bits per heavy atom. The summed E-state index contributed by atoms with van der Waals surface area (Å²) in [6, 6.07) is 10.1. The van der Waals surface area contributed by atoms with Gasteiger partial charge in [-0.05, 0) is 36.4 Å². The van der Waals surface area contributed by atoms with Crippen LogP contribution < -0.4 is 16.0 Å². The average molecular weight is 358 g/mol. The number of nitrogens with one attached hydrogen (secondary N) is 3. The standard InChI is InChI=1S/C18H22N4O2S/c1-18(2,3)25-16-14(6-5-11-20-16)15(23)21-12-7-9-13(10-8-12)22-17(24)19-4/h5-11H,1-4H3,(H,21,23)(H2,19,22,24). The van der Waals surface area contributed by atoms with Crippen LogP contribution in [0.25, 0.3) is 0 Å². The van der Waals surface area contributed by atoms with Crippen molar-refractivity contribution in [2.75, 3.05) is 17.7 Å². The van der Waals surface area contributed by atoms with Gasteiger partial charge in [0.2, 0.25) is 0 Å². The molecule has 25 heavy (non-hydrogen) atoms. The summed E-state index contributed by atoms with van der Waals surface area (Å²) in [4.78, 5) is 28.2. The fraction of sp³-hybridized carbons (Fsp3) is 0.278. The number of rotatable bonds is 4. The van der Waals surface area contributed by atoms with Gasteiger partial charge in [0.25, 0.3) is 5.91 Å². The molecule has 0 aliphatic rings. The van der Waals surface area contributed by atoms with Crippen LogP contribution in [0.1, 0.15) is 31.1 Å². The lowest BCUT2D eigenvalue weighted by molar-refractivity contribution is 0.102. The van der Waals surface area contributed by atoms with Gasteiger partial charge in [0.15, 0.2) is 0 Å². The lowest BCUT2D eigenvalue weighted by Crippen LogP contribution is -2.24. The molecule has 1 heterocycles. The minimum Gasteiger partial charge on any atom is -0.341 e. The van der Waals surface area contributed by atoms with Gasteiger partial charge in [-0.1, -0.05) is 32.5 Å². The number of anilines is 2. The number of thioether (sulfide) groups is 1. The molecule has 0 saturated carbocycles. The van der Waals surface area contributed by atoms with E-state index >= 15 is 0 Å². The van der Waals surface area contributed by atoms with Gasteiger partial charge >= 0.3 is 6.03 Å². The SMILES string of the molecule is CNC(=O)Nc1ccc(NC(=O)c2cccnc2SC(C)(C)C)cc1. The molecule has 1 aromatic heterocycles. The molecule has 3 N–H and O–H groups in total. The van der Waals surface area contributed by atoms with E-state index in [4.69, 9.17) is 0 Å². The van der Waals surface area contributed by atoms with E-state index in [2.05, 4.69) is 41.7 Å². The Morgan fingerprint density at radius 1 is 1.00 bits per heavy atom. The first kappa shape index (κ1) is 18.8. The average Bonchev–Trinajstić information content (AvgIpc) is 2.55. The Hall–Kier alpha value is -2.54. The van der Waals surface area contributed by atoms with Crippen molar-refractivity contribution in [3.05, 3.63) is 48.2 Å². The molecule has 2 rings (SSSR count). The number of hydrogen-bond donors (Lipinski definition) is 3. The predicted octanol–water partition coefficient (Wildman–Crippen LogP) is 3.98. The smallest absolute Gasteiger partial charge is 0.318 e. The largest absolute Gasteiger partial charge is 0.341 e. The highest BCUT2D eigenvalue weighted by Crippen LogP contribution is 2.32. The van der Waals surface area contributed by atoms with Crippen LogP contribution in [0.2, 0.25) is 0 Å². The maximum atomic E-state index is 12.6. The van der Waals surface area contributed by atoms with E-state index < -0.39 is 0 Å². The van der Waals surface area contributed by atoms with Crippen LogP contribution in [-0.4, -0.2) is 28.7 Å². The molecule has 0 spiro atoms. The van der Waals surface area contributed by atoms with E-state index in [1.165, 1.54) is 0 Å². The number of aromatic nitrogens is 1. The zero-order valence-electron chi connectivity index (χ0n) is 14.7. The van der Waals surface area contributed by atoms with Crippen LogP contribution in [0, 0.1) is 0 Å². The minimum atomic E-state index is -0.295. The number of benzene rings is 1. The predicted molar refractivity (Wildman–Crippen MR) is 102 cm³/mol. The molecular weight excluding hydrogens is 336 g/mol. The Morgan fingerprint density at radius 3 is 2.16 bits per heavy atom. The summed E-state index contributed by atoms with van der Waals surface area (Å²) in [5.74, 6) is -0.216. The summed E-state index contributed by atoms with van der Waals surface area (Å²) < 4.78 is -0.0451. The second kappa shape index (κ2) is 8.02. The first-order chi connectivity index (χ1) is 11.8. The molecule has 0 unspecified atom stereocenters. The summed E-state index contributed by atoms with van der Waals surface area (Å²) in [6.45, 7) is 6.23. The number of urea groups is 1. The Kier molecular flexibility index (Phi) is 6.03. The highest BCUT2D eigenvalue weighted by molar-refractivity contribution is 8.00. The maximum absolute atomic E-state index is 12.6. The van der Waals surface area contributed by atoms with Crippen molar-refractivity contribution in [1.29, 1.82) is 0 Å². The zero-order chi connectivity index (χ0) is 18.4. The van der Waals surface area contributed by atoms with Gasteiger partial charge in [0.1, 0.15) is 5.03 Å². The van der Waals surface area contributed by atoms with Gasteiger partial charge in [-0.2, -0.15) is 0 Å². The van der Waals surface area contributed by atoms with E-state index in [1.54, 1.807) is 61.4 Å². The number of amides is 3. The van der Waals surface area contributed by atoms with Gasteiger partial charge in [-0.15, -0.1) is 0 Å². The van der Waals surface area contributed by atoms with Gasteiger partial charge in [0.05, 0.1) is 5.56 Å². The minimum absolute atomic E-state index is 0.0451. The summed E-state index contributed by atoms with van der Waals surface area (Å²) in [7, 11) is 1.55. The number of nitrogens with zero attached hydrogens (tertiary/aromatic N) is 1. The monoisotopic (exact) mass is 358 g/mol. The third-order valence-corrected chi connectivity index (χ3v) is 4.18. The number of pyridine rings is 1. The zero-order valence-corrected chi connectivity index (χ0v) is 15.5. The first-order valence-corrected chi connectivity index (χ1v) is 8.64. The van der Waals surface area contributed by atoms with E-state index in [9.17, 15) is 9.59 Å². The molecule has 1 aromatic carbocycles. The highest BCUT2D eigenvalue weighted by Gasteiger charge is 2.19. The van der Waals surface area contributed by atoms with Crippen molar-refractivity contribution >= 4 is 35.1 Å². The van der Waals surface area contributed by atoms with Crippen molar-refractivity contribution in [2.24, 2.45) is 0 Å². The number of carbonyl (C=O) groups excluding carboxylic acids is 2. The summed E-state index contributed by atoms with van der Waals surface area (Å²) in [5, 5.41) is 8.70. The molecule has 6 nitrogen and oxygen atoms in total. The molecule has 0 saturated heterocycles. The molecule has 2 aromatic rings. The Labute approximate surface area is 151 Å². The van der Waals surface area contributed by atoms with E-state index in [0.717, 1.165) is 0 Å².